The molecule has 1 heterocycles. The molecular weight excluding hydrogens is 265 g/mol. The Morgan fingerprint density at radius 2 is 2.11 bits per heavy atom. The SMILES string of the molecule is Nc1cccc(CNc2nc(C(F)(F)F)ns2)c1. The molecule has 0 aliphatic carbocycles. The minimum Gasteiger partial charge on any atom is -0.399 e. The third-order valence-corrected chi connectivity index (χ3v) is 2.75. The molecule has 0 atom stereocenters. The smallest absolute Gasteiger partial charge is 0.399 e. The molecule has 2 rings (SSSR count). The second-order valence-corrected chi connectivity index (χ2v) is 4.27. The van der Waals surface area contributed by atoms with Crippen LogP contribution in [0.15, 0.2) is 24.3 Å². The fraction of sp³-hybridized carbons (Fsp3) is 0.200. The molecule has 3 N–H and O–H groups in total. The van der Waals surface area contributed by atoms with E-state index in [2.05, 4.69) is 14.7 Å². The van der Waals surface area contributed by atoms with Gasteiger partial charge < -0.3 is 11.1 Å². The van der Waals surface area contributed by atoms with Gasteiger partial charge in [-0.15, -0.1) is 0 Å². The van der Waals surface area contributed by atoms with Gasteiger partial charge in [-0.1, -0.05) is 12.1 Å². The minimum absolute atomic E-state index is 0.129. The van der Waals surface area contributed by atoms with Crippen molar-refractivity contribution in [1.82, 2.24) is 9.36 Å². The van der Waals surface area contributed by atoms with Crippen LogP contribution in [-0.4, -0.2) is 9.36 Å². The monoisotopic (exact) mass is 274 g/mol. The molecule has 0 spiro atoms. The fourth-order valence-electron chi connectivity index (χ4n) is 1.29. The molecule has 1 aromatic heterocycles. The molecule has 0 amide bonds. The van der Waals surface area contributed by atoms with E-state index < -0.39 is 12.0 Å². The molecule has 0 aliphatic heterocycles. The van der Waals surface area contributed by atoms with Crippen molar-refractivity contribution < 1.29 is 13.2 Å². The zero-order valence-corrected chi connectivity index (χ0v) is 9.85. The van der Waals surface area contributed by atoms with Crippen molar-refractivity contribution in [2.24, 2.45) is 0 Å². The summed E-state index contributed by atoms with van der Waals surface area (Å²) in [4.78, 5) is 3.36. The maximum atomic E-state index is 12.3. The normalized spacial score (nSPS) is 11.5. The Morgan fingerprint density at radius 3 is 2.72 bits per heavy atom. The first kappa shape index (κ1) is 12.6. The first-order valence-corrected chi connectivity index (χ1v) is 5.72. The Bertz CT molecular complexity index is 538. The Labute approximate surface area is 105 Å². The van der Waals surface area contributed by atoms with Crippen molar-refractivity contribution >= 4 is 22.4 Å². The van der Waals surface area contributed by atoms with Gasteiger partial charge in [-0.2, -0.15) is 22.5 Å². The predicted octanol–water partition coefficient (Wildman–Crippen LogP) is 2.75. The Balaban J connectivity index is 2.01. The highest BCUT2D eigenvalue weighted by Crippen LogP contribution is 2.29. The number of anilines is 2. The van der Waals surface area contributed by atoms with E-state index in [1.54, 1.807) is 18.2 Å². The topological polar surface area (TPSA) is 63.8 Å². The largest absolute Gasteiger partial charge is 0.452 e. The van der Waals surface area contributed by atoms with Crippen LogP contribution in [0.25, 0.3) is 0 Å². The predicted molar refractivity (Wildman–Crippen MR) is 63.1 cm³/mol. The van der Waals surface area contributed by atoms with E-state index >= 15 is 0 Å². The lowest BCUT2D eigenvalue weighted by Crippen LogP contribution is -2.07. The molecule has 0 aliphatic rings. The number of nitrogens with zero attached hydrogens (tertiary/aromatic N) is 2. The van der Waals surface area contributed by atoms with Crippen LogP contribution in [0.3, 0.4) is 0 Å². The highest BCUT2D eigenvalue weighted by molar-refractivity contribution is 7.09. The number of nitrogen functional groups attached to an aromatic ring is 1. The molecule has 0 fully saturated rings. The van der Waals surface area contributed by atoms with Crippen LogP contribution < -0.4 is 11.1 Å². The fourth-order valence-corrected chi connectivity index (χ4v) is 1.87. The molecule has 4 nitrogen and oxygen atoms in total. The van der Waals surface area contributed by atoms with Gasteiger partial charge in [0.25, 0.3) is 0 Å². The first-order chi connectivity index (χ1) is 8.45. The van der Waals surface area contributed by atoms with Gasteiger partial charge in [0.1, 0.15) is 0 Å². The van der Waals surface area contributed by atoms with E-state index in [-0.39, 0.29) is 5.13 Å². The van der Waals surface area contributed by atoms with Gasteiger partial charge in [0.05, 0.1) is 0 Å². The lowest BCUT2D eigenvalue weighted by Gasteiger charge is -2.03. The van der Waals surface area contributed by atoms with Gasteiger partial charge in [-0.05, 0) is 17.7 Å². The molecule has 2 aromatic rings. The van der Waals surface area contributed by atoms with Gasteiger partial charge in [0, 0.05) is 23.8 Å². The van der Waals surface area contributed by atoms with E-state index in [0.717, 1.165) is 5.56 Å². The van der Waals surface area contributed by atoms with Crippen molar-refractivity contribution in [3.8, 4) is 0 Å². The van der Waals surface area contributed by atoms with E-state index in [1.807, 2.05) is 6.07 Å². The summed E-state index contributed by atoms with van der Waals surface area (Å²) in [6.45, 7) is 0.345. The molecule has 8 heteroatoms. The van der Waals surface area contributed by atoms with E-state index in [1.165, 1.54) is 0 Å². The number of nitrogens with two attached hydrogens (primary N) is 1. The second-order valence-electron chi connectivity index (χ2n) is 3.52. The van der Waals surface area contributed by atoms with Gasteiger partial charge in [-0.3, -0.25) is 0 Å². The van der Waals surface area contributed by atoms with Crippen molar-refractivity contribution in [3.05, 3.63) is 35.7 Å². The van der Waals surface area contributed by atoms with Crippen LogP contribution in [0.1, 0.15) is 11.4 Å². The molecule has 0 unspecified atom stereocenters. The van der Waals surface area contributed by atoms with E-state index in [9.17, 15) is 13.2 Å². The molecule has 0 saturated heterocycles. The van der Waals surface area contributed by atoms with Crippen molar-refractivity contribution in [3.63, 3.8) is 0 Å². The Kier molecular flexibility index (Phi) is 3.37. The maximum Gasteiger partial charge on any atom is 0.452 e. The van der Waals surface area contributed by atoms with E-state index in [0.29, 0.717) is 23.8 Å². The molecular formula is C10H9F3N4S. The van der Waals surface area contributed by atoms with Crippen LogP contribution in [0.4, 0.5) is 24.0 Å². The highest BCUT2D eigenvalue weighted by atomic mass is 32.1. The summed E-state index contributed by atoms with van der Waals surface area (Å²) in [5, 5.41) is 2.90. The second kappa shape index (κ2) is 4.81. The molecule has 0 radical (unpaired) electrons. The number of hydrogen-bond donors (Lipinski definition) is 2. The molecule has 1 aromatic carbocycles. The van der Waals surface area contributed by atoms with Crippen molar-refractivity contribution in [2.75, 3.05) is 11.1 Å². The highest BCUT2D eigenvalue weighted by Gasteiger charge is 2.36. The average molecular weight is 274 g/mol. The Morgan fingerprint density at radius 1 is 1.33 bits per heavy atom. The number of alkyl halides is 3. The summed E-state index contributed by atoms with van der Waals surface area (Å²) in [5.74, 6) is -1.12. The van der Waals surface area contributed by atoms with Crippen molar-refractivity contribution in [1.29, 1.82) is 0 Å². The van der Waals surface area contributed by atoms with Crippen LogP contribution in [0.5, 0.6) is 0 Å². The number of halogens is 3. The van der Waals surface area contributed by atoms with Gasteiger partial charge >= 0.3 is 6.18 Å². The van der Waals surface area contributed by atoms with E-state index in [4.69, 9.17) is 5.73 Å². The molecule has 18 heavy (non-hydrogen) atoms. The summed E-state index contributed by atoms with van der Waals surface area (Å²) in [5.41, 5.74) is 7.05. The zero-order chi connectivity index (χ0) is 13.2. The van der Waals surface area contributed by atoms with Crippen LogP contribution in [0.2, 0.25) is 0 Å². The minimum atomic E-state index is -4.51. The average Bonchev–Trinajstić information content (AvgIpc) is 2.74. The lowest BCUT2D eigenvalue weighted by molar-refractivity contribution is -0.144. The van der Waals surface area contributed by atoms with Gasteiger partial charge in [0.15, 0.2) is 0 Å². The molecule has 96 valence electrons. The summed E-state index contributed by atoms with van der Waals surface area (Å²) >= 11 is 0.676. The summed E-state index contributed by atoms with van der Waals surface area (Å²) in [7, 11) is 0. The number of hydrogen-bond acceptors (Lipinski definition) is 5. The number of benzene rings is 1. The number of aromatic nitrogens is 2. The Hall–Kier alpha value is -1.83. The third-order valence-electron chi connectivity index (χ3n) is 2.07. The van der Waals surface area contributed by atoms with Crippen LogP contribution in [0, 0.1) is 0 Å². The standard InChI is InChI=1S/C10H9F3N4S/c11-10(12,13)8-16-9(18-17-8)15-5-6-2-1-3-7(14)4-6/h1-4H,5,14H2,(H,15,16,17). The summed E-state index contributed by atoms with van der Waals surface area (Å²) in [6.07, 6.45) is -4.51. The molecule has 0 bridgehead atoms. The van der Waals surface area contributed by atoms with Gasteiger partial charge in [0.2, 0.25) is 11.0 Å². The zero-order valence-electron chi connectivity index (χ0n) is 9.03. The quantitative estimate of drug-likeness (QED) is 0.845. The molecule has 0 saturated carbocycles. The lowest BCUT2D eigenvalue weighted by atomic mass is 10.2. The number of nitrogens with one attached hydrogen (secondary N) is 1. The maximum absolute atomic E-state index is 12.3. The first-order valence-electron chi connectivity index (χ1n) is 4.94. The third kappa shape index (κ3) is 3.10. The van der Waals surface area contributed by atoms with Crippen LogP contribution >= 0.6 is 11.5 Å². The van der Waals surface area contributed by atoms with Gasteiger partial charge in [-0.25, -0.2) is 0 Å². The summed E-state index contributed by atoms with van der Waals surface area (Å²) in [6, 6.07) is 7.05. The van der Waals surface area contributed by atoms with Crippen LogP contribution in [-0.2, 0) is 12.7 Å². The summed E-state index contributed by atoms with van der Waals surface area (Å²) < 4.78 is 40.0. The van der Waals surface area contributed by atoms with Crippen molar-refractivity contribution in [2.45, 2.75) is 12.7 Å². The number of rotatable bonds is 3.